The molecular weight excluding hydrogens is 677 g/mol. The van der Waals surface area contributed by atoms with Crippen molar-refractivity contribution in [1.82, 2.24) is 0 Å². The van der Waals surface area contributed by atoms with E-state index in [2.05, 4.69) is 188 Å². The highest BCUT2D eigenvalue weighted by molar-refractivity contribution is 5.89. The number of fused-ring (bicyclic) bond motifs is 3. The maximum atomic E-state index is 2.63. The number of hydrogen-bond acceptors (Lipinski definition) is 2. The van der Waals surface area contributed by atoms with Crippen LogP contribution in [0.4, 0.5) is 34.1 Å². The lowest BCUT2D eigenvalue weighted by Gasteiger charge is -2.48. The van der Waals surface area contributed by atoms with Crippen LogP contribution in [0.15, 0.2) is 109 Å². The van der Waals surface area contributed by atoms with Gasteiger partial charge in [0.15, 0.2) is 0 Å². The molecule has 0 saturated heterocycles. The van der Waals surface area contributed by atoms with Crippen LogP contribution in [0.25, 0.3) is 11.1 Å². The summed E-state index contributed by atoms with van der Waals surface area (Å²) in [6, 6.07) is 42.7. The normalized spacial score (nSPS) is 22.0. The van der Waals surface area contributed by atoms with Crippen molar-refractivity contribution in [3.63, 3.8) is 0 Å². The highest BCUT2D eigenvalue weighted by atomic mass is 15.2. The summed E-state index contributed by atoms with van der Waals surface area (Å²) in [7, 11) is 0. The second kappa shape index (κ2) is 13.3. The van der Waals surface area contributed by atoms with Crippen LogP contribution in [0, 0.1) is 67.2 Å². The van der Waals surface area contributed by atoms with Crippen molar-refractivity contribution in [2.75, 3.05) is 9.80 Å². The standard InChI is InChI=1S/C54H58N2/c1-33-11-15-43(16-12-33)55(51-39(7)23-35(3)24-40(51)8)45-19-21-47-48-22-20-46(28-50(48)54-31-37(5)29-53(54,49(47)27-45)30-38(6)32-54)56(44-17-13-34(2)14-18-44)52-41(9)25-36(4)26-42(52)10/h11-28,37-38H,29-32H2,1-10H3. The second-order valence-corrected chi connectivity index (χ2v) is 18.5. The fraction of sp³-hybridized carbons (Fsp3) is 0.333. The monoisotopic (exact) mass is 734 g/mol. The largest absolute Gasteiger partial charge is 0.310 e. The Bertz CT molecular complexity index is 2270. The van der Waals surface area contributed by atoms with Gasteiger partial charge in [0.05, 0.1) is 11.4 Å². The van der Waals surface area contributed by atoms with Gasteiger partial charge in [-0.3, -0.25) is 0 Å². The topological polar surface area (TPSA) is 6.48 Å². The van der Waals surface area contributed by atoms with E-state index in [4.69, 9.17) is 0 Å². The summed E-state index contributed by atoms with van der Waals surface area (Å²) in [5.74, 6) is 1.30. The molecule has 2 fully saturated rings. The maximum Gasteiger partial charge on any atom is 0.0520 e. The van der Waals surface area contributed by atoms with Crippen molar-refractivity contribution in [2.24, 2.45) is 11.8 Å². The van der Waals surface area contributed by atoms with Crippen LogP contribution >= 0.6 is 0 Å². The Morgan fingerprint density at radius 1 is 0.375 bits per heavy atom. The summed E-state index contributed by atoms with van der Waals surface area (Å²) in [5.41, 5.74) is 24.2. The summed E-state index contributed by atoms with van der Waals surface area (Å²) < 4.78 is 0. The zero-order valence-corrected chi connectivity index (χ0v) is 35.3. The van der Waals surface area contributed by atoms with E-state index >= 15 is 0 Å². The van der Waals surface area contributed by atoms with Crippen LogP contribution in [0.2, 0.25) is 0 Å². The number of aryl methyl sites for hydroxylation is 8. The molecule has 2 nitrogen and oxygen atoms in total. The minimum atomic E-state index is 0.0868. The van der Waals surface area contributed by atoms with Gasteiger partial charge in [-0.05, 0) is 186 Å². The SMILES string of the molecule is Cc1ccc(N(c2ccc3c(c2)C24CC(C)CC2(CC(C)C4)c2cc(N(c4ccc(C)cc4)c4c(C)cc(C)cc4C)ccc2-3)c2c(C)cc(C)cc2C)cc1. The van der Waals surface area contributed by atoms with E-state index in [1.807, 2.05) is 0 Å². The van der Waals surface area contributed by atoms with Gasteiger partial charge in [-0.25, -0.2) is 0 Å². The highest BCUT2D eigenvalue weighted by Gasteiger charge is 2.65. The average molecular weight is 735 g/mol. The molecule has 2 saturated carbocycles. The van der Waals surface area contributed by atoms with Crippen molar-refractivity contribution >= 4 is 34.1 Å². The summed E-state index contributed by atoms with van der Waals surface area (Å²) >= 11 is 0. The van der Waals surface area contributed by atoms with Gasteiger partial charge >= 0.3 is 0 Å². The van der Waals surface area contributed by atoms with Gasteiger partial charge < -0.3 is 9.80 Å². The molecule has 0 bridgehead atoms. The molecule has 56 heavy (non-hydrogen) atoms. The number of anilines is 6. The molecule has 0 N–H and O–H groups in total. The summed E-state index contributed by atoms with van der Waals surface area (Å²) in [6.45, 7) is 23.0. The lowest BCUT2D eigenvalue weighted by molar-refractivity contribution is 0.299. The molecule has 6 aromatic rings. The molecule has 0 radical (unpaired) electrons. The van der Waals surface area contributed by atoms with Crippen LogP contribution in [-0.4, -0.2) is 0 Å². The van der Waals surface area contributed by atoms with Gasteiger partial charge in [-0.15, -0.1) is 0 Å². The Morgan fingerprint density at radius 2 is 0.679 bits per heavy atom. The van der Waals surface area contributed by atoms with Gasteiger partial charge in [0, 0.05) is 33.6 Å². The van der Waals surface area contributed by atoms with Crippen molar-refractivity contribution in [2.45, 2.75) is 106 Å². The number of hydrogen-bond donors (Lipinski definition) is 0. The van der Waals surface area contributed by atoms with E-state index in [1.54, 1.807) is 11.1 Å². The van der Waals surface area contributed by atoms with E-state index in [1.165, 1.54) is 115 Å². The lowest BCUT2D eigenvalue weighted by atomic mass is 9.55. The molecule has 0 unspecified atom stereocenters. The number of benzene rings is 6. The first-order valence-electron chi connectivity index (χ1n) is 21.0. The van der Waals surface area contributed by atoms with Gasteiger partial charge in [0.25, 0.3) is 0 Å². The zero-order valence-electron chi connectivity index (χ0n) is 35.3. The van der Waals surface area contributed by atoms with E-state index < -0.39 is 0 Å². The predicted octanol–water partition coefficient (Wildman–Crippen LogP) is 15.1. The smallest absolute Gasteiger partial charge is 0.0520 e. The molecule has 0 amide bonds. The van der Waals surface area contributed by atoms with Crippen molar-refractivity contribution in [3.8, 4) is 11.1 Å². The highest BCUT2D eigenvalue weighted by Crippen LogP contribution is 2.72. The summed E-state index contributed by atoms with van der Waals surface area (Å²) in [4.78, 5) is 5.09. The molecular formula is C54H58N2. The molecule has 0 atom stereocenters. The fourth-order valence-electron chi connectivity index (χ4n) is 12.3. The van der Waals surface area contributed by atoms with Crippen LogP contribution in [-0.2, 0) is 10.8 Å². The second-order valence-electron chi connectivity index (χ2n) is 18.5. The molecule has 0 aromatic heterocycles. The molecule has 2 heteroatoms. The Hall–Kier alpha value is -5.08. The molecule has 0 aliphatic heterocycles. The summed E-state index contributed by atoms with van der Waals surface area (Å²) in [5, 5.41) is 0. The van der Waals surface area contributed by atoms with E-state index in [9.17, 15) is 0 Å². The van der Waals surface area contributed by atoms with Gasteiger partial charge in [0.2, 0.25) is 0 Å². The predicted molar refractivity (Wildman–Crippen MR) is 239 cm³/mol. The molecule has 9 rings (SSSR count). The Kier molecular flexibility index (Phi) is 8.65. The molecule has 284 valence electrons. The van der Waals surface area contributed by atoms with Gasteiger partial charge in [-0.1, -0.05) is 96.8 Å². The Labute approximate surface area is 336 Å². The van der Waals surface area contributed by atoms with Crippen LogP contribution < -0.4 is 9.80 Å². The van der Waals surface area contributed by atoms with Crippen molar-refractivity contribution < 1.29 is 0 Å². The van der Waals surface area contributed by atoms with Crippen LogP contribution in [0.5, 0.6) is 0 Å². The maximum absolute atomic E-state index is 2.63. The van der Waals surface area contributed by atoms with Crippen LogP contribution in [0.3, 0.4) is 0 Å². The molecule has 3 aliphatic carbocycles. The Balaban J connectivity index is 1.28. The Morgan fingerprint density at radius 3 is 1.00 bits per heavy atom. The minimum absolute atomic E-state index is 0.0868. The third-order valence-corrected chi connectivity index (χ3v) is 13.9. The lowest BCUT2D eigenvalue weighted by Crippen LogP contribution is -2.43. The van der Waals surface area contributed by atoms with E-state index in [-0.39, 0.29) is 10.8 Å². The zero-order chi connectivity index (χ0) is 39.3. The first kappa shape index (κ1) is 36.6. The van der Waals surface area contributed by atoms with Crippen molar-refractivity contribution in [3.05, 3.63) is 165 Å². The number of nitrogens with zero attached hydrogens (tertiary/aromatic N) is 2. The fourth-order valence-corrected chi connectivity index (χ4v) is 12.3. The molecule has 0 heterocycles. The average Bonchev–Trinajstić information content (AvgIpc) is 3.60. The summed E-state index contributed by atoms with van der Waals surface area (Å²) in [6.07, 6.45) is 4.95. The first-order valence-corrected chi connectivity index (χ1v) is 21.0. The third kappa shape index (κ3) is 5.58. The van der Waals surface area contributed by atoms with Gasteiger partial charge in [-0.2, -0.15) is 0 Å². The van der Waals surface area contributed by atoms with Crippen molar-refractivity contribution in [1.29, 1.82) is 0 Å². The molecule has 0 spiro atoms. The van der Waals surface area contributed by atoms with E-state index in [0.29, 0.717) is 11.8 Å². The molecule has 3 aliphatic rings. The first-order chi connectivity index (χ1) is 26.8. The quantitative estimate of drug-likeness (QED) is 0.168. The number of rotatable bonds is 6. The minimum Gasteiger partial charge on any atom is -0.310 e. The van der Waals surface area contributed by atoms with Gasteiger partial charge in [0.1, 0.15) is 0 Å². The van der Waals surface area contributed by atoms with E-state index in [0.717, 1.165) is 0 Å². The van der Waals surface area contributed by atoms with Crippen LogP contribution in [0.1, 0.15) is 95.2 Å². The third-order valence-electron chi connectivity index (χ3n) is 13.9. The molecule has 6 aromatic carbocycles.